The van der Waals surface area contributed by atoms with E-state index in [-0.39, 0.29) is 42.5 Å². The van der Waals surface area contributed by atoms with Crippen LogP contribution in [0.15, 0.2) is 36.5 Å². The predicted octanol–water partition coefficient (Wildman–Crippen LogP) is 5.78. The van der Waals surface area contributed by atoms with Crippen LogP contribution in [0.25, 0.3) is 0 Å². The molecule has 2 heterocycles. The summed E-state index contributed by atoms with van der Waals surface area (Å²) >= 11 is 0. The van der Waals surface area contributed by atoms with Crippen molar-refractivity contribution < 1.29 is 34.0 Å². The number of aliphatic hydroxyl groups is 1. The van der Waals surface area contributed by atoms with Gasteiger partial charge in [0.2, 0.25) is 0 Å². The summed E-state index contributed by atoms with van der Waals surface area (Å²) in [6, 6.07) is 0. The molecule has 0 aromatic heterocycles. The highest BCUT2D eigenvalue weighted by Crippen LogP contribution is 2.40. The molecule has 3 aliphatic rings. The molecule has 3 rings (SSSR count). The van der Waals surface area contributed by atoms with Gasteiger partial charge < -0.3 is 29.2 Å². The predicted molar refractivity (Wildman–Crippen MR) is 151 cm³/mol. The Balaban J connectivity index is 1.74. The molecule has 0 spiro atoms. The first kappa shape index (κ1) is 31.6. The third-order valence-corrected chi connectivity index (χ3v) is 7.77. The molecule has 39 heavy (non-hydrogen) atoms. The summed E-state index contributed by atoms with van der Waals surface area (Å²) in [4.78, 5) is 10.7. The summed E-state index contributed by atoms with van der Waals surface area (Å²) in [5.41, 5.74) is 0. The minimum atomic E-state index is -0.966. The minimum absolute atomic E-state index is 0.0146. The molecule has 7 nitrogen and oxygen atoms in total. The summed E-state index contributed by atoms with van der Waals surface area (Å²) in [5, 5.41) is 19.8. The fourth-order valence-corrected chi connectivity index (χ4v) is 5.59. The number of hydrogen-bond donors (Lipinski definition) is 2. The van der Waals surface area contributed by atoms with Crippen molar-refractivity contribution in [3.63, 3.8) is 0 Å². The maximum absolute atomic E-state index is 11.1. The maximum Gasteiger partial charge on any atom is 0.328 e. The topological polar surface area (TPSA) is 94.5 Å². The molecule has 2 aliphatic heterocycles. The van der Waals surface area contributed by atoms with Gasteiger partial charge >= 0.3 is 5.97 Å². The molecule has 2 N–H and O–H groups in total. The van der Waals surface area contributed by atoms with Crippen molar-refractivity contribution >= 4 is 5.97 Å². The molecule has 0 aromatic rings. The fourth-order valence-electron chi connectivity index (χ4n) is 5.59. The van der Waals surface area contributed by atoms with Gasteiger partial charge in [-0.1, -0.05) is 44.2 Å². The molecule has 2 saturated heterocycles. The van der Waals surface area contributed by atoms with Crippen molar-refractivity contribution in [1.29, 1.82) is 0 Å². The van der Waals surface area contributed by atoms with E-state index in [1.54, 1.807) is 6.08 Å². The first-order valence-electron chi connectivity index (χ1n) is 14.9. The first-order chi connectivity index (χ1) is 19.0. The van der Waals surface area contributed by atoms with Gasteiger partial charge in [0.25, 0.3) is 0 Å². The Hall–Kier alpha value is -1.95. The van der Waals surface area contributed by atoms with Crippen LogP contribution in [-0.2, 0) is 23.7 Å². The number of carbonyl (C=O) groups is 1. The number of aliphatic hydroxyl groups excluding tert-OH is 1. The van der Waals surface area contributed by atoms with Crippen LogP contribution in [-0.4, -0.2) is 60.3 Å². The lowest BCUT2D eigenvalue weighted by Gasteiger charge is -2.31. The van der Waals surface area contributed by atoms with Crippen LogP contribution >= 0.6 is 0 Å². The molecule has 0 bridgehead atoms. The van der Waals surface area contributed by atoms with Crippen molar-refractivity contribution in [2.45, 2.75) is 115 Å². The summed E-state index contributed by atoms with van der Waals surface area (Å²) in [6.07, 6.45) is 19.2. The van der Waals surface area contributed by atoms with E-state index in [9.17, 15) is 9.90 Å². The Morgan fingerprint density at radius 1 is 1.08 bits per heavy atom. The standard InChI is InChI=1S/C32H48O7/c1-3-4-7-14-24(2)28(38-31-17-10-12-21-36-31)20-19-26-25(15-8-5-6-9-16-30(34)35)27(33)23-29(26)39-32-18-11-13-22-37-32/h5-6,9,16,19-20,24-29,31-33H,3,8,10-15,17-18,21-23H2,1-2H3,(H,34,35)/t24-,25+,26+,27-,28+,29+,31?,32?/m0/s1. The van der Waals surface area contributed by atoms with Crippen LogP contribution in [0, 0.1) is 29.6 Å². The van der Waals surface area contributed by atoms with Gasteiger partial charge in [0.05, 0.1) is 18.3 Å². The van der Waals surface area contributed by atoms with Crippen LogP contribution in [0.4, 0.5) is 0 Å². The Labute approximate surface area is 234 Å². The molecular formula is C32H48O7. The molecule has 3 fully saturated rings. The normalized spacial score (nSPS) is 31.5. The van der Waals surface area contributed by atoms with E-state index >= 15 is 0 Å². The van der Waals surface area contributed by atoms with Gasteiger partial charge in [-0.15, -0.1) is 11.8 Å². The molecule has 2 unspecified atom stereocenters. The zero-order valence-electron chi connectivity index (χ0n) is 23.7. The lowest BCUT2D eigenvalue weighted by atomic mass is 9.88. The van der Waals surface area contributed by atoms with Crippen LogP contribution in [0.5, 0.6) is 0 Å². The molecule has 0 radical (unpaired) electrons. The third-order valence-electron chi connectivity index (χ3n) is 7.77. The van der Waals surface area contributed by atoms with Crippen LogP contribution in [0.1, 0.15) is 84.5 Å². The van der Waals surface area contributed by atoms with Gasteiger partial charge in [-0.25, -0.2) is 4.79 Å². The van der Waals surface area contributed by atoms with Gasteiger partial charge in [-0.3, -0.25) is 0 Å². The summed E-state index contributed by atoms with van der Waals surface area (Å²) in [5.74, 6) is 5.71. The molecule has 0 aromatic carbocycles. The second-order valence-corrected chi connectivity index (χ2v) is 10.9. The molecule has 0 amide bonds. The summed E-state index contributed by atoms with van der Waals surface area (Å²) in [6.45, 7) is 5.67. The van der Waals surface area contributed by atoms with E-state index in [0.717, 1.165) is 76.9 Å². The average molecular weight is 545 g/mol. The monoisotopic (exact) mass is 544 g/mol. The molecular weight excluding hydrogens is 496 g/mol. The Bertz CT molecular complexity index is 857. The second-order valence-electron chi connectivity index (χ2n) is 10.9. The van der Waals surface area contributed by atoms with Gasteiger partial charge in [0.15, 0.2) is 12.6 Å². The Morgan fingerprint density at radius 3 is 2.49 bits per heavy atom. The number of ether oxygens (including phenoxy) is 4. The van der Waals surface area contributed by atoms with Gasteiger partial charge in [0, 0.05) is 44.5 Å². The van der Waals surface area contributed by atoms with Crippen LogP contribution in [0.3, 0.4) is 0 Å². The zero-order chi connectivity index (χ0) is 27.9. The van der Waals surface area contributed by atoms with Crippen LogP contribution < -0.4 is 0 Å². The molecule has 1 saturated carbocycles. The maximum atomic E-state index is 11.1. The van der Waals surface area contributed by atoms with E-state index in [1.165, 1.54) is 6.08 Å². The molecule has 8 atom stereocenters. The highest BCUT2D eigenvalue weighted by atomic mass is 16.7. The summed E-state index contributed by atoms with van der Waals surface area (Å²) < 4.78 is 24.7. The van der Waals surface area contributed by atoms with Crippen molar-refractivity contribution in [3.8, 4) is 11.8 Å². The van der Waals surface area contributed by atoms with Gasteiger partial charge in [0.1, 0.15) is 0 Å². The van der Waals surface area contributed by atoms with Crippen molar-refractivity contribution in [1.82, 2.24) is 0 Å². The van der Waals surface area contributed by atoms with E-state index in [4.69, 9.17) is 24.1 Å². The Kier molecular flexibility index (Phi) is 14.3. The van der Waals surface area contributed by atoms with Gasteiger partial charge in [-0.05, 0) is 63.2 Å². The second kappa shape index (κ2) is 17.7. The highest BCUT2D eigenvalue weighted by molar-refractivity contribution is 5.80. The largest absolute Gasteiger partial charge is 0.478 e. The lowest BCUT2D eigenvalue weighted by molar-refractivity contribution is -0.193. The number of hydrogen-bond acceptors (Lipinski definition) is 6. The van der Waals surface area contributed by atoms with E-state index in [1.807, 2.05) is 6.08 Å². The number of rotatable bonds is 13. The van der Waals surface area contributed by atoms with Crippen molar-refractivity contribution in [2.75, 3.05) is 13.2 Å². The highest BCUT2D eigenvalue weighted by Gasteiger charge is 2.42. The van der Waals surface area contributed by atoms with E-state index in [0.29, 0.717) is 13.0 Å². The summed E-state index contributed by atoms with van der Waals surface area (Å²) in [7, 11) is 0. The Morgan fingerprint density at radius 2 is 1.82 bits per heavy atom. The van der Waals surface area contributed by atoms with Crippen molar-refractivity contribution in [2.24, 2.45) is 17.8 Å². The fraction of sp³-hybridized carbons (Fsp3) is 0.719. The van der Waals surface area contributed by atoms with Crippen LogP contribution in [0.2, 0.25) is 0 Å². The first-order valence-corrected chi connectivity index (χ1v) is 14.9. The van der Waals surface area contributed by atoms with E-state index in [2.05, 4.69) is 37.8 Å². The van der Waals surface area contributed by atoms with Crippen molar-refractivity contribution in [3.05, 3.63) is 36.5 Å². The molecule has 7 heteroatoms. The zero-order valence-corrected chi connectivity index (χ0v) is 23.7. The minimum Gasteiger partial charge on any atom is -0.478 e. The molecule has 218 valence electrons. The number of aliphatic carboxylic acids is 1. The lowest BCUT2D eigenvalue weighted by Crippen LogP contribution is -2.32. The number of allylic oxidation sites excluding steroid dienone is 3. The third kappa shape index (κ3) is 11.2. The quantitative estimate of drug-likeness (QED) is 0.131. The number of carboxylic acid groups (broad SMARTS) is 1. The SMILES string of the molecule is CCC#CC[C@H](C)[C@@H](C=C[C@@H]1[C@@H](CCC=CC=CC(=O)O)[C@@H](O)C[C@H]1OC1CCCCO1)OC1CCCCO1. The van der Waals surface area contributed by atoms with E-state index < -0.39 is 12.1 Å². The van der Waals surface area contributed by atoms with Gasteiger partial charge in [-0.2, -0.15) is 0 Å². The molecule has 1 aliphatic carbocycles. The average Bonchev–Trinajstić information content (AvgIpc) is 3.22. The number of carboxylic acids is 1. The smallest absolute Gasteiger partial charge is 0.328 e.